The molecule has 8 heteroatoms. The van der Waals surface area contributed by atoms with Crippen molar-refractivity contribution >= 4 is 39.2 Å². The second-order valence-electron chi connectivity index (χ2n) is 8.32. The van der Waals surface area contributed by atoms with Crippen molar-refractivity contribution in [2.24, 2.45) is 0 Å². The summed E-state index contributed by atoms with van der Waals surface area (Å²) in [7, 11) is 1.62. The van der Waals surface area contributed by atoms with Crippen LogP contribution in [0.2, 0.25) is 0 Å². The number of thioether (sulfide) groups is 1. The quantitative estimate of drug-likeness (QED) is 0.301. The van der Waals surface area contributed by atoms with Gasteiger partial charge in [0.15, 0.2) is 5.16 Å². The summed E-state index contributed by atoms with van der Waals surface area (Å²) >= 11 is 2.91. The summed E-state index contributed by atoms with van der Waals surface area (Å²) < 4.78 is 6.83. The second-order valence-corrected chi connectivity index (χ2v) is 10.3. The molecule has 0 saturated carbocycles. The maximum atomic E-state index is 13.7. The van der Waals surface area contributed by atoms with Crippen LogP contribution >= 0.6 is 23.1 Å². The van der Waals surface area contributed by atoms with Crippen molar-refractivity contribution < 1.29 is 9.53 Å². The number of hydrogen-bond donors (Lipinski definition) is 1. The molecule has 174 valence electrons. The van der Waals surface area contributed by atoms with Crippen LogP contribution in [-0.2, 0) is 24.2 Å². The fourth-order valence-electron chi connectivity index (χ4n) is 4.17. The first-order valence-corrected chi connectivity index (χ1v) is 13.0. The third-order valence-electron chi connectivity index (χ3n) is 5.98. The van der Waals surface area contributed by atoms with Crippen molar-refractivity contribution in [2.45, 2.75) is 37.9 Å². The minimum Gasteiger partial charge on any atom is -0.497 e. The van der Waals surface area contributed by atoms with Gasteiger partial charge < -0.3 is 10.1 Å². The smallest absolute Gasteiger partial charge is 0.267 e. The average Bonchev–Trinajstić information content (AvgIpc) is 3.44. The van der Waals surface area contributed by atoms with Gasteiger partial charge >= 0.3 is 0 Å². The van der Waals surface area contributed by atoms with E-state index in [0.29, 0.717) is 11.7 Å². The second kappa shape index (κ2) is 9.64. The molecule has 0 aliphatic heterocycles. The molecule has 0 atom stereocenters. The molecule has 4 aromatic rings. The topological polar surface area (TPSA) is 73.2 Å². The lowest BCUT2D eigenvalue weighted by Gasteiger charge is -2.13. The number of hydrogen-bond acceptors (Lipinski definition) is 6. The Kier molecular flexibility index (Phi) is 6.43. The summed E-state index contributed by atoms with van der Waals surface area (Å²) in [4.78, 5) is 33.2. The molecular formula is C26H25N3O3S2. The first-order valence-electron chi connectivity index (χ1n) is 11.2. The number of nitrogens with one attached hydrogen (secondary N) is 1. The lowest BCUT2D eigenvalue weighted by molar-refractivity contribution is -0.118. The Morgan fingerprint density at radius 1 is 1.15 bits per heavy atom. The molecule has 2 aromatic carbocycles. The van der Waals surface area contributed by atoms with Crippen molar-refractivity contribution in [3.63, 3.8) is 0 Å². The van der Waals surface area contributed by atoms with Crippen molar-refractivity contribution in [1.29, 1.82) is 0 Å². The van der Waals surface area contributed by atoms with Crippen molar-refractivity contribution in [3.05, 3.63) is 80.5 Å². The zero-order valence-corrected chi connectivity index (χ0v) is 20.7. The molecular weight excluding hydrogens is 466 g/mol. The number of benzene rings is 2. The highest BCUT2D eigenvalue weighted by Crippen LogP contribution is 2.36. The van der Waals surface area contributed by atoms with Gasteiger partial charge in [-0.25, -0.2) is 4.98 Å². The summed E-state index contributed by atoms with van der Waals surface area (Å²) in [5.41, 5.74) is 3.99. The van der Waals surface area contributed by atoms with Crippen LogP contribution in [0.15, 0.2) is 58.5 Å². The number of aryl methyl sites for hydroxylation is 3. The van der Waals surface area contributed by atoms with E-state index in [0.717, 1.165) is 57.6 Å². The third-order valence-corrected chi connectivity index (χ3v) is 8.11. The van der Waals surface area contributed by atoms with Crippen LogP contribution in [0.3, 0.4) is 0 Å². The van der Waals surface area contributed by atoms with Crippen molar-refractivity contribution in [2.75, 3.05) is 12.9 Å². The average molecular weight is 492 g/mol. The first-order chi connectivity index (χ1) is 16.5. The third kappa shape index (κ3) is 4.48. The Balaban J connectivity index is 1.40. The molecule has 2 aromatic heterocycles. The van der Waals surface area contributed by atoms with E-state index in [1.807, 2.05) is 55.5 Å². The number of ether oxygens (including phenoxy) is 1. The molecule has 1 N–H and O–H groups in total. The predicted octanol–water partition coefficient (Wildman–Crippen LogP) is 4.66. The van der Waals surface area contributed by atoms with Gasteiger partial charge in [-0.15, -0.1) is 11.3 Å². The summed E-state index contributed by atoms with van der Waals surface area (Å²) in [6.45, 7) is 2.45. The standard InChI is InChI=1S/C26H25N3O3S2/c1-16-6-10-18(11-7-16)29-25(31)23-20-4-3-5-21(20)34-24(23)28-26(29)33-15-22(30)27-14-17-8-12-19(32-2)13-9-17/h6-13H,3-5,14-15H2,1-2H3,(H,27,30). The fourth-order valence-corrected chi connectivity index (χ4v) is 6.31. The number of amides is 1. The van der Waals surface area contributed by atoms with Crippen LogP contribution < -0.4 is 15.6 Å². The van der Waals surface area contributed by atoms with E-state index in [2.05, 4.69) is 5.32 Å². The number of methoxy groups -OCH3 is 1. The van der Waals surface area contributed by atoms with Crippen LogP contribution in [0.4, 0.5) is 0 Å². The van der Waals surface area contributed by atoms with Gasteiger partial charge in [-0.1, -0.05) is 41.6 Å². The highest BCUT2D eigenvalue weighted by molar-refractivity contribution is 7.99. The van der Waals surface area contributed by atoms with Crippen molar-refractivity contribution in [3.8, 4) is 11.4 Å². The summed E-state index contributed by atoms with van der Waals surface area (Å²) in [6.07, 6.45) is 3.03. The van der Waals surface area contributed by atoms with E-state index < -0.39 is 0 Å². The number of carbonyl (C=O) groups excluding carboxylic acids is 1. The highest BCUT2D eigenvalue weighted by Gasteiger charge is 2.24. The van der Waals surface area contributed by atoms with Crippen LogP contribution in [0.5, 0.6) is 5.75 Å². The number of nitrogens with zero attached hydrogens (tertiary/aromatic N) is 2. The van der Waals surface area contributed by atoms with Crippen molar-refractivity contribution in [1.82, 2.24) is 14.9 Å². The lowest BCUT2D eigenvalue weighted by atomic mass is 10.2. The zero-order chi connectivity index (χ0) is 23.7. The molecule has 1 amide bonds. The van der Waals surface area contributed by atoms with Gasteiger partial charge in [-0.3, -0.25) is 14.2 Å². The number of thiophene rings is 1. The van der Waals surface area contributed by atoms with E-state index in [4.69, 9.17) is 9.72 Å². The monoisotopic (exact) mass is 491 g/mol. The van der Waals surface area contributed by atoms with Gasteiger partial charge in [-0.2, -0.15) is 0 Å². The van der Waals surface area contributed by atoms with E-state index in [1.54, 1.807) is 23.0 Å². The van der Waals surface area contributed by atoms with E-state index >= 15 is 0 Å². The molecule has 6 nitrogen and oxygen atoms in total. The van der Waals surface area contributed by atoms with Gasteiger partial charge in [0.2, 0.25) is 5.91 Å². The highest BCUT2D eigenvalue weighted by atomic mass is 32.2. The number of aromatic nitrogens is 2. The fraction of sp³-hybridized carbons (Fsp3) is 0.269. The SMILES string of the molecule is COc1ccc(CNC(=O)CSc2nc3sc4c(c3c(=O)n2-c2ccc(C)cc2)CCC4)cc1. The number of carbonyl (C=O) groups is 1. The minimum atomic E-state index is -0.112. The van der Waals surface area contributed by atoms with E-state index in [1.165, 1.54) is 16.6 Å². The van der Waals surface area contributed by atoms with E-state index in [9.17, 15) is 9.59 Å². The molecule has 0 bridgehead atoms. The maximum absolute atomic E-state index is 13.7. The van der Waals surface area contributed by atoms with Gasteiger partial charge in [0, 0.05) is 11.4 Å². The maximum Gasteiger partial charge on any atom is 0.267 e. The Labute approximate surface area is 206 Å². The Morgan fingerprint density at radius 3 is 2.65 bits per heavy atom. The van der Waals surface area contributed by atoms with Crippen LogP contribution in [-0.4, -0.2) is 28.3 Å². The van der Waals surface area contributed by atoms with E-state index in [-0.39, 0.29) is 17.2 Å². The van der Waals surface area contributed by atoms with Gasteiger partial charge in [0.1, 0.15) is 10.6 Å². The predicted molar refractivity (Wildman–Crippen MR) is 138 cm³/mol. The summed E-state index contributed by atoms with van der Waals surface area (Å²) in [6, 6.07) is 15.4. The molecule has 0 radical (unpaired) electrons. The Morgan fingerprint density at radius 2 is 1.91 bits per heavy atom. The normalized spacial score (nSPS) is 12.6. The molecule has 0 unspecified atom stereocenters. The summed E-state index contributed by atoms with van der Waals surface area (Å²) in [5.74, 6) is 0.838. The Bertz CT molecular complexity index is 1410. The molecule has 2 heterocycles. The van der Waals surface area contributed by atoms with Crippen LogP contribution in [0.25, 0.3) is 15.9 Å². The molecule has 0 fully saturated rings. The van der Waals surface area contributed by atoms with Gasteiger partial charge in [-0.05, 0) is 61.6 Å². The summed E-state index contributed by atoms with van der Waals surface area (Å²) in [5, 5.41) is 4.23. The number of fused-ring (bicyclic) bond motifs is 3. The molecule has 1 aliphatic rings. The van der Waals surface area contributed by atoms with Crippen LogP contribution in [0.1, 0.15) is 28.0 Å². The zero-order valence-electron chi connectivity index (χ0n) is 19.1. The lowest BCUT2D eigenvalue weighted by Crippen LogP contribution is -2.26. The molecule has 0 saturated heterocycles. The molecule has 5 rings (SSSR count). The first kappa shape index (κ1) is 22.7. The van der Waals surface area contributed by atoms with Gasteiger partial charge in [0.05, 0.1) is 23.9 Å². The minimum absolute atomic E-state index is 0.0469. The number of rotatable bonds is 7. The molecule has 1 aliphatic carbocycles. The largest absolute Gasteiger partial charge is 0.497 e. The molecule has 0 spiro atoms. The van der Waals surface area contributed by atoms with Gasteiger partial charge in [0.25, 0.3) is 5.56 Å². The molecule has 34 heavy (non-hydrogen) atoms. The van der Waals surface area contributed by atoms with Crippen LogP contribution in [0, 0.1) is 6.92 Å². The Hall–Kier alpha value is -3.10.